The fraction of sp³-hybridized carbons (Fsp3) is 0.190. The van der Waals surface area contributed by atoms with Crippen molar-refractivity contribution in [3.8, 4) is 11.5 Å². The first-order valence-corrected chi connectivity index (χ1v) is 9.18. The van der Waals surface area contributed by atoms with Gasteiger partial charge in [0.2, 0.25) is 17.7 Å². The second kappa shape index (κ2) is 7.86. The average Bonchev–Trinajstić information content (AvgIpc) is 3.35. The number of carbonyl (C=O) groups is 3. The predicted molar refractivity (Wildman–Crippen MR) is 102 cm³/mol. The number of halogens is 1. The molecule has 1 aliphatic heterocycles. The van der Waals surface area contributed by atoms with Gasteiger partial charge in [0.15, 0.2) is 6.10 Å². The zero-order valence-electron chi connectivity index (χ0n) is 15.9. The number of esters is 1. The van der Waals surface area contributed by atoms with Gasteiger partial charge in [-0.3, -0.25) is 14.5 Å². The van der Waals surface area contributed by atoms with Crippen molar-refractivity contribution in [2.24, 2.45) is 0 Å². The summed E-state index contributed by atoms with van der Waals surface area (Å²) in [5.41, 5.74) is 1.02. The summed E-state index contributed by atoms with van der Waals surface area (Å²) in [6.07, 6.45) is -0.547. The van der Waals surface area contributed by atoms with Gasteiger partial charge < -0.3 is 9.15 Å². The normalized spacial score (nSPS) is 14.8. The molecule has 1 atom stereocenters. The van der Waals surface area contributed by atoms with Crippen LogP contribution < -0.4 is 4.90 Å². The highest BCUT2D eigenvalue weighted by Gasteiger charge is 2.30. The number of amides is 2. The summed E-state index contributed by atoms with van der Waals surface area (Å²) >= 11 is 0. The molecule has 2 heterocycles. The topological polar surface area (TPSA) is 103 Å². The standard InChI is InChI=1S/C21H16FN3O5/c1-12(19-23-24-20(30-19)13-5-7-15(22)8-6-13)29-21(28)14-3-2-4-16(11-14)25-17(26)9-10-18(25)27/h2-8,11-12H,9-10H2,1H3/t12-/m1/s1. The van der Waals surface area contributed by atoms with Crippen molar-refractivity contribution in [2.45, 2.75) is 25.9 Å². The molecule has 2 aromatic carbocycles. The lowest BCUT2D eigenvalue weighted by Crippen LogP contribution is -2.28. The average molecular weight is 409 g/mol. The maximum absolute atomic E-state index is 13.0. The number of imide groups is 1. The smallest absolute Gasteiger partial charge is 0.338 e. The minimum atomic E-state index is -0.849. The predicted octanol–water partition coefficient (Wildman–Crippen LogP) is 3.45. The van der Waals surface area contributed by atoms with Gasteiger partial charge in [0.05, 0.1) is 11.3 Å². The highest BCUT2D eigenvalue weighted by molar-refractivity contribution is 6.20. The van der Waals surface area contributed by atoms with Gasteiger partial charge in [0, 0.05) is 18.4 Å². The van der Waals surface area contributed by atoms with Crippen molar-refractivity contribution >= 4 is 23.5 Å². The molecule has 2 amide bonds. The van der Waals surface area contributed by atoms with E-state index in [-0.39, 0.29) is 47.8 Å². The Morgan fingerprint density at radius 1 is 1.10 bits per heavy atom. The molecular formula is C21H16FN3O5. The van der Waals surface area contributed by atoms with Gasteiger partial charge in [0.25, 0.3) is 5.89 Å². The molecule has 1 fully saturated rings. The molecule has 0 unspecified atom stereocenters. The summed E-state index contributed by atoms with van der Waals surface area (Å²) in [4.78, 5) is 37.4. The number of hydrogen-bond donors (Lipinski definition) is 0. The lowest BCUT2D eigenvalue weighted by atomic mass is 10.2. The zero-order valence-corrected chi connectivity index (χ0v) is 15.9. The molecule has 8 nitrogen and oxygen atoms in total. The Bertz CT molecular complexity index is 1110. The number of benzene rings is 2. The summed E-state index contributed by atoms with van der Waals surface area (Å²) in [7, 11) is 0. The van der Waals surface area contributed by atoms with Crippen LogP contribution in [0.4, 0.5) is 10.1 Å². The van der Waals surface area contributed by atoms with Gasteiger partial charge in [-0.25, -0.2) is 9.18 Å². The van der Waals surface area contributed by atoms with Gasteiger partial charge in [-0.15, -0.1) is 10.2 Å². The van der Waals surface area contributed by atoms with Crippen molar-refractivity contribution in [1.82, 2.24) is 10.2 Å². The second-order valence-corrected chi connectivity index (χ2v) is 6.67. The van der Waals surface area contributed by atoms with Crippen LogP contribution in [0.2, 0.25) is 0 Å². The fourth-order valence-corrected chi connectivity index (χ4v) is 3.02. The molecule has 0 aliphatic carbocycles. The first-order chi connectivity index (χ1) is 14.4. The molecule has 0 N–H and O–H groups in total. The first kappa shape index (κ1) is 19.4. The number of carbonyl (C=O) groups excluding carboxylic acids is 3. The Morgan fingerprint density at radius 3 is 2.50 bits per heavy atom. The largest absolute Gasteiger partial charge is 0.449 e. The molecule has 0 bridgehead atoms. The van der Waals surface area contributed by atoms with Gasteiger partial charge in [0.1, 0.15) is 5.82 Å². The first-order valence-electron chi connectivity index (χ1n) is 9.18. The number of anilines is 1. The molecule has 1 aliphatic rings. The number of rotatable bonds is 5. The van der Waals surface area contributed by atoms with Crippen molar-refractivity contribution in [1.29, 1.82) is 0 Å². The Hall–Kier alpha value is -3.88. The molecule has 9 heteroatoms. The van der Waals surface area contributed by atoms with Crippen LogP contribution in [0.3, 0.4) is 0 Å². The van der Waals surface area contributed by atoms with Crippen LogP contribution in [0.5, 0.6) is 0 Å². The third kappa shape index (κ3) is 3.82. The molecule has 152 valence electrons. The van der Waals surface area contributed by atoms with E-state index >= 15 is 0 Å². The molecule has 4 rings (SSSR count). The number of hydrogen-bond acceptors (Lipinski definition) is 7. The van der Waals surface area contributed by atoms with Crippen molar-refractivity contribution in [3.05, 3.63) is 65.8 Å². The summed E-state index contributed by atoms with van der Waals surface area (Å²) in [5.74, 6) is -1.44. The molecule has 30 heavy (non-hydrogen) atoms. The highest BCUT2D eigenvalue weighted by Crippen LogP contribution is 2.26. The lowest BCUT2D eigenvalue weighted by Gasteiger charge is -2.15. The van der Waals surface area contributed by atoms with Crippen molar-refractivity contribution < 1.29 is 27.9 Å². The molecule has 1 saturated heterocycles. The number of nitrogens with zero attached hydrogens (tertiary/aromatic N) is 3. The quantitative estimate of drug-likeness (QED) is 0.470. The van der Waals surface area contributed by atoms with E-state index in [1.165, 1.54) is 36.4 Å². The van der Waals surface area contributed by atoms with Gasteiger partial charge in [-0.2, -0.15) is 0 Å². The lowest BCUT2D eigenvalue weighted by molar-refractivity contribution is -0.121. The van der Waals surface area contributed by atoms with E-state index in [0.717, 1.165) is 4.90 Å². The van der Waals surface area contributed by atoms with E-state index < -0.39 is 12.1 Å². The van der Waals surface area contributed by atoms with Crippen LogP contribution >= 0.6 is 0 Å². The SMILES string of the molecule is C[C@@H](OC(=O)c1cccc(N2C(=O)CCC2=O)c1)c1nnc(-c2ccc(F)cc2)o1. The summed E-state index contributed by atoms with van der Waals surface area (Å²) in [5, 5.41) is 7.77. The molecule has 0 radical (unpaired) electrons. The molecule has 3 aromatic rings. The van der Waals surface area contributed by atoms with Gasteiger partial charge in [-0.05, 0) is 49.4 Å². The minimum absolute atomic E-state index is 0.0729. The summed E-state index contributed by atoms with van der Waals surface area (Å²) in [6, 6.07) is 11.6. The number of aromatic nitrogens is 2. The Morgan fingerprint density at radius 2 is 1.80 bits per heavy atom. The van der Waals surface area contributed by atoms with Crippen LogP contribution in [0.15, 0.2) is 52.9 Å². The van der Waals surface area contributed by atoms with E-state index in [1.807, 2.05) is 0 Å². The number of ether oxygens (including phenoxy) is 1. The molecule has 0 spiro atoms. The van der Waals surface area contributed by atoms with Crippen LogP contribution in [0.1, 0.15) is 42.1 Å². The fourth-order valence-electron chi connectivity index (χ4n) is 3.02. The molecule has 0 saturated carbocycles. The Balaban J connectivity index is 1.48. The monoisotopic (exact) mass is 409 g/mol. The molecule has 1 aromatic heterocycles. The second-order valence-electron chi connectivity index (χ2n) is 6.67. The van der Waals surface area contributed by atoms with E-state index in [4.69, 9.17) is 9.15 Å². The third-order valence-electron chi connectivity index (χ3n) is 4.55. The van der Waals surface area contributed by atoms with E-state index in [2.05, 4.69) is 10.2 Å². The highest BCUT2D eigenvalue weighted by atomic mass is 19.1. The van der Waals surface area contributed by atoms with Crippen molar-refractivity contribution in [2.75, 3.05) is 4.90 Å². The molecular weight excluding hydrogens is 393 g/mol. The van der Waals surface area contributed by atoms with E-state index in [0.29, 0.717) is 11.3 Å². The van der Waals surface area contributed by atoms with Crippen LogP contribution in [0, 0.1) is 5.82 Å². The maximum atomic E-state index is 13.0. The Labute approximate surface area is 170 Å². The maximum Gasteiger partial charge on any atom is 0.338 e. The Kier molecular flexibility index (Phi) is 5.09. The van der Waals surface area contributed by atoms with Gasteiger partial charge >= 0.3 is 5.97 Å². The summed E-state index contributed by atoms with van der Waals surface area (Å²) in [6.45, 7) is 1.57. The van der Waals surface area contributed by atoms with E-state index in [1.54, 1.807) is 19.1 Å². The van der Waals surface area contributed by atoms with E-state index in [9.17, 15) is 18.8 Å². The van der Waals surface area contributed by atoms with Crippen LogP contribution in [-0.4, -0.2) is 28.0 Å². The minimum Gasteiger partial charge on any atom is -0.449 e. The van der Waals surface area contributed by atoms with Crippen LogP contribution in [0.25, 0.3) is 11.5 Å². The summed E-state index contributed by atoms with van der Waals surface area (Å²) < 4.78 is 23.9. The van der Waals surface area contributed by atoms with Crippen molar-refractivity contribution in [3.63, 3.8) is 0 Å². The zero-order chi connectivity index (χ0) is 21.3. The van der Waals surface area contributed by atoms with Gasteiger partial charge in [-0.1, -0.05) is 6.07 Å². The van der Waals surface area contributed by atoms with Crippen LogP contribution in [-0.2, 0) is 14.3 Å². The third-order valence-corrected chi connectivity index (χ3v) is 4.55.